The third-order valence-corrected chi connectivity index (χ3v) is 4.88. The van der Waals surface area contributed by atoms with Crippen LogP contribution in [0.15, 0.2) is 24.3 Å². The highest BCUT2D eigenvalue weighted by Gasteiger charge is 2.19. The molecule has 2 heterocycles. The maximum Gasteiger partial charge on any atom is 0.134 e. The SMILES string of the molecule is CC[C@H](C)Nc1cc(N2CCc3cc([C@@H](C)O)ccc3C2)nc(C)n1. The highest BCUT2D eigenvalue weighted by molar-refractivity contribution is 5.52. The van der Waals surface area contributed by atoms with Crippen molar-refractivity contribution in [3.8, 4) is 0 Å². The van der Waals surface area contributed by atoms with E-state index in [1.54, 1.807) is 0 Å². The van der Waals surface area contributed by atoms with E-state index in [9.17, 15) is 5.11 Å². The lowest BCUT2D eigenvalue weighted by molar-refractivity contribution is 0.199. The minimum Gasteiger partial charge on any atom is -0.389 e. The van der Waals surface area contributed by atoms with Crippen LogP contribution in [-0.4, -0.2) is 27.7 Å². The van der Waals surface area contributed by atoms with Crippen molar-refractivity contribution >= 4 is 11.6 Å². The number of nitrogens with one attached hydrogen (secondary N) is 1. The molecular formula is C20H28N4O. The largest absolute Gasteiger partial charge is 0.389 e. The first kappa shape index (κ1) is 17.7. The summed E-state index contributed by atoms with van der Waals surface area (Å²) in [5.41, 5.74) is 3.63. The van der Waals surface area contributed by atoms with Crippen molar-refractivity contribution in [1.29, 1.82) is 0 Å². The summed E-state index contributed by atoms with van der Waals surface area (Å²) in [4.78, 5) is 11.5. The number of aryl methyl sites for hydroxylation is 1. The summed E-state index contributed by atoms with van der Waals surface area (Å²) in [5.74, 6) is 2.66. The fourth-order valence-corrected chi connectivity index (χ4v) is 3.17. The molecule has 5 heteroatoms. The molecule has 3 rings (SSSR count). The van der Waals surface area contributed by atoms with Gasteiger partial charge < -0.3 is 15.3 Å². The summed E-state index contributed by atoms with van der Waals surface area (Å²) in [6, 6.07) is 8.74. The fourth-order valence-electron chi connectivity index (χ4n) is 3.17. The zero-order chi connectivity index (χ0) is 18.0. The lowest BCUT2D eigenvalue weighted by atomic mass is 9.96. The molecule has 0 amide bonds. The molecule has 0 saturated carbocycles. The van der Waals surface area contributed by atoms with Crippen LogP contribution in [0.2, 0.25) is 0 Å². The number of aromatic nitrogens is 2. The smallest absolute Gasteiger partial charge is 0.134 e. The van der Waals surface area contributed by atoms with Crippen LogP contribution in [0.5, 0.6) is 0 Å². The normalized spacial score (nSPS) is 16.3. The summed E-state index contributed by atoms with van der Waals surface area (Å²) in [7, 11) is 0. The standard InChI is InChI=1S/C20H28N4O/c1-5-13(2)21-19-11-20(23-15(4)22-19)24-9-8-17-10-16(14(3)25)6-7-18(17)12-24/h6-7,10-11,13-14,25H,5,8-9,12H2,1-4H3,(H,21,22,23)/t13-,14+/m0/s1. The monoisotopic (exact) mass is 340 g/mol. The quantitative estimate of drug-likeness (QED) is 0.871. The van der Waals surface area contributed by atoms with Crippen LogP contribution in [0.3, 0.4) is 0 Å². The van der Waals surface area contributed by atoms with Crippen molar-refractivity contribution < 1.29 is 5.11 Å². The van der Waals surface area contributed by atoms with Crippen LogP contribution in [-0.2, 0) is 13.0 Å². The first-order chi connectivity index (χ1) is 12.0. The average Bonchev–Trinajstić information content (AvgIpc) is 2.60. The molecule has 0 spiro atoms. The third kappa shape index (κ3) is 4.10. The zero-order valence-corrected chi connectivity index (χ0v) is 15.6. The third-order valence-electron chi connectivity index (χ3n) is 4.88. The van der Waals surface area contributed by atoms with Crippen molar-refractivity contribution in [3.63, 3.8) is 0 Å². The van der Waals surface area contributed by atoms with Gasteiger partial charge in [-0.25, -0.2) is 9.97 Å². The molecule has 0 fully saturated rings. The van der Waals surface area contributed by atoms with Crippen LogP contribution in [0, 0.1) is 6.92 Å². The number of anilines is 2. The molecule has 1 aliphatic heterocycles. The Morgan fingerprint density at radius 3 is 2.72 bits per heavy atom. The van der Waals surface area contributed by atoms with Gasteiger partial charge in [0.2, 0.25) is 0 Å². The van der Waals surface area contributed by atoms with Gasteiger partial charge in [-0.2, -0.15) is 0 Å². The number of aliphatic hydroxyl groups excluding tert-OH is 1. The van der Waals surface area contributed by atoms with E-state index in [0.29, 0.717) is 6.04 Å². The lowest BCUT2D eigenvalue weighted by Crippen LogP contribution is -2.31. The molecule has 1 aliphatic rings. The highest BCUT2D eigenvalue weighted by atomic mass is 16.3. The maximum absolute atomic E-state index is 9.77. The molecule has 1 aromatic heterocycles. The summed E-state index contributed by atoms with van der Waals surface area (Å²) in [5, 5.41) is 13.2. The van der Waals surface area contributed by atoms with Crippen molar-refractivity contribution in [1.82, 2.24) is 9.97 Å². The topological polar surface area (TPSA) is 61.3 Å². The van der Waals surface area contributed by atoms with Crippen LogP contribution in [0.4, 0.5) is 11.6 Å². The van der Waals surface area contributed by atoms with Crippen molar-refractivity contribution in [2.75, 3.05) is 16.8 Å². The molecule has 0 radical (unpaired) electrons. The molecule has 2 atom stereocenters. The van der Waals surface area contributed by atoms with Gasteiger partial charge in [-0.05, 0) is 50.3 Å². The molecule has 0 bridgehead atoms. The highest BCUT2D eigenvalue weighted by Crippen LogP contribution is 2.27. The summed E-state index contributed by atoms with van der Waals surface area (Å²) in [6.45, 7) is 9.85. The van der Waals surface area contributed by atoms with E-state index in [2.05, 4.69) is 46.2 Å². The van der Waals surface area contributed by atoms with E-state index in [4.69, 9.17) is 0 Å². The number of benzene rings is 1. The predicted octanol–water partition coefficient (Wildman–Crippen LogP) is 3.61. The Morgan fingerprint density at radius 2 is 2.00 bits per heavy atom. The maximum atomic E-state index is 9.77. The molecular weight excluding hydrogens is 312 g/mol. The van der Waals surface area contributed by atoms with Gasteiger partial charge in [0.05, 0.1) is 6.10 Å². The van der Waals surface area contributed by atoms with Gasteiger partial charge in [0.25, 0.3) is 0 Å². The zero-order valence-electron chi connectivity index (χ0n) is 15.6. The number of nitrogens with zero attached hydrogens (tertiary/aromatic N) is 3. The van der Waals surface area contributed by atoms with E-state index < -0.39 is 6.10 Å². The van der Waals surface area contributed by atoms with Crippen molar-refractivity contribution in [2.45, 2.75) is 59.2 Å². The molecule has 134 valence electrons. The number of fused-ring (bicyclic) bond motifs is 1. The molecule has 0 saturated heterocycles. The Hall–Kier alpha value is -2.14. The van der Waals surface area contributed by atoms with Gasteiger partial charge in [0.1, 0.15) is 17.5 Å². The van der Waals surface area contributed by atoms with Gasteiger partial charge in [0.15, 0.2) is 0 Å². The van der Waals surface area contributed by atoms with Crippen LogP contribution in [0.25, 0.3) is 0 Å². The minimum atomic E-state index is -0.415. The van der Waals surface area contributed by atoms with Gasteiger partial charge in [0, 0.05) is 25.2 Å². The molecule has 0 unspecified atom stereocenters. The van der Waals surface area contributed by atoms with Gasteiger partial charge >= 0.3 is 0 Å². The lowest BCUT2D eigenvalue weighted by Gasteiger charge is -2.30. The van der Waals surface area contributed by atoms with E-state index in [0.717, 1.165) is 49.0 Å². The van der Waals surface area contributed by atoms with E-state index in [1.807, 2.05) is 26.0 Å². The number of aliphatic hydroxyl groups is 1. The summed E-state index contributed by atoms with van der Waals surface area (Å²) < 4.78 is 0. The second-order valence-electron chi connectivity index (χ2n) is 6.99. The first-order valence-electron chi connectivity index (χ1n) is 9.13. The van der Waals surface area contributed by atoms with Gasteiger partial charge in [-0.15, -0.1) is 0 Å². The number of hydrogen-bond donors (Lipinski definition) is 2. The molecule has 25 heavy (non-hydrogen) atoms. The molecule has 1 aromatic carbocycles. The second kappa shape index (κ2) is 7.40. The Balaban J connectivity index is 1.81. The molecule has 2 N–H and O–H groups in total. The number of hydrogen-bond acceptors (Lipinski definition) is 5. The Bertz CT molecular complexity index is 744. The van der Waals surface area contributed by atoms with Crippen molar-refractivity contribution in [3.05, 3.63) is 46.8 Å². The Labute approximate surface area is 150 Å². The Kier molecular flexibility index (Phi) is 5.23. The summed E-state index contributed by atoms with van der Waals surface area (Å²) >= 11 is 0. The van der Waals surface area contributed by atoms with Gasteiger partial charge in [-0.1, -0.05) is 25.1 Å². The fraction of sp³-hybridized carbons (Fsp3) is 0.500. The minimum absolute atomic E-state index is 0.392. The average molecular weight is 340 g/mol. The first-order valence-corrected chi connectivity index (χ1v) is 9.13. The van der Waals surface area contributed by atoms with Crippen molar-refractivity contribution in [2.24, 2.45) is 0 Å². The van der Waals surface area contributed by atoms with E-state index >= 15 is 0 Å². The second-order valence-corrected chi connectivity index (χ2v) is 6.99. The predicted molar refractivity (Wildman–Crippen MR) is 102 cm³/mol. The molecule has 2 aromatic rings. The molecule has 5 nitrogen and oxygen atoms in total. The van der Waals surface area contributed by atoms with Gasteiger partial charge in [-0.3, -0.25) is 0 Å². The van der Waals surface area contributed by atoms with Crippen LogP contribution in [0.1, 0.15) is 55.8 Å². The summed E-state index contributed by atoms with van der Waals surface area (Å²) in [6.07, 6.45) is 1.61. The van der Waals surface area contributed by atoms with E-state index in [-0.39, 0.29) is 0 Å². The molecule has 0 aliphatic carbocycles. The Morgan fingerprint density at radius 1 is 1.20 bits per heavy atom. The number of rotatable bonds is 5. The van der Waals surface area contributed by atoms with Crippen LogP contribution < -0.4 is 10.2 Å². The van der Waals surface area contributed by atoms with Crippen LogP contribution >= 0.6 is 0 Å². The van der Waals surface area contributed by atoms with E-state index in [1.165, 1.54) is 11.1 Å².